The van der Waals surface area contributed by atoms with Crippen LogP contribution in [0.15, 0.2) is 22.7 Å². The van der Waals surface area contributed by atoms with Crippen LogP contribution in [0.3, 0.4) is 0 Å². The van der Waals surface area contributed by atoms with Crippen molar-refractivity contribution in [3.05, 3.63) is 33.3 Å². The zero-order valence-corrected chi connectivity index (χ0v) is 11.5. The number of benzene rings is 1. The number of halogens is 2. The fraction of sp³-hybridized carbons (Fsp3) is 0.417. The van der Waals surface area contributed by atoms with Gasteiger partial charge in [-0.2, -0.15) is 5.26 Å². The molecule has 16 heavy (non-hydrogen) atoms. The van der Waals surface area contributed by atoms with E-state index in [0.29, 0.717) is 13.0 Å². The van der Waals surface area contributed by atoms with Gasteiger partial charge < -0.3 is 5.32 Å². The van der Waals surface area contributed by atoms with Gasteiger partial charge in [-0.1, -0.05) is 40.5 Å². The molecule has 1 aromatic carbocycles. The molecule has 0 aliphatic heterocycles. The Bertz CT molecular complexity index is 387. The minimum absolute atomic E-state index is 0.240. The van der Waals surface area contributed by atoms with E-state index in [-0.39, 0.29) is 6.04 Å². The van der Waals surface area contributed by atoms with E-state index in [1.54, 1.807) is 0 Å². The van der Waals surface area contributed by atoms with Crippen LogP contribution in [0, 0.1) is 11.3 Å². The minimum atomic E-state index is 0.240. The Morgan fingerprint density at radius 2 is 2.31 bits per heavy atom. The largest absolute Gasteiger partial charge is 0.309 e. The van der Waals surface area contributed by atoms with Crippen molar-refractivity contribution in [1.29, 1.82) is 5.26 Å². The van der Waals surface area contributed by atoms with E-state index in [1.165, 1.54) is 0 Å². The number of rotatable bonds is 5. The highest BCUT2D eigenvalue weighted by Crippen LogP contribution is 2.21. The van der Waals surface area contributed by atoms with Gasteiger partial charge in [0, 0.05) is 22.1 Å². The average molecular weight is 302 g/mol. The van der Waals surface area contributed by atoms with Crippen LogP contribution in [0.1, 0.15) is 25.3 Å². The molecule has 1 aromatic rings. The van der Waals surface area contributed by atoms with Crippen LogP contribution in [0.2, 0.25) is 5.02 Å². The molecule has 0 bridgehead atoms. The molecular weight excluding hydrogens is 288 g/mol. The highest BCUT2D eigenvalue weighted by Gasteiger charge is 2.06. The lowest BCUT2D eigenvalue weighted by Gasteiger charge is -2.14. The monoisotopic (exact) mass is 300 g/mol. The van der Waals surface area contributed by atoms with Crippen molar-refractivity contribution in [2.75, 3.05) is 0 Å². The minimum Gasteiger partial charge on any atom is -0.309 e. The van der Waals surface area contributed by atoms with E-state index in [9.17, 15) is 0 Å². The second-order valence-corrected chi connectivity index (χ2v) is 4.91. The second kappa shape index (κ2) is 6.90. The van der Waals surface area contributed by atoms with Gasteiger partial charge in [0.05, 0.1) is 12.5 Å². The topological polar surface area (TPSA) is 35.8 Å². The van der Waals surface area contributed by atoms with Gasteiger partial charge in [-0.3, -0.25) is 0 Å². The molecule has 0 aliphatic rings. The fourth-order valence-electron chi connectivity index (χ4n) is 1.39. The zero-order chi connectivity index (χ0) is 12.0. The Hall–Kier alpha value is -0.560. The first kappa shape index (κ1) is 13.5. The maximum absolute atomic E-state index is 8.63. The first-order chi connectivity index (χ1) is 7.67. The second-order valence-electron chi connectivity index (χ2n) is 3.58. The van der Waals surface area contributed by atoms with Gasteiger partial charge in [-0.05, 0) is 24.1 Å². The third-order valence-corrected chi connectivity index (χ3v) is 3.27. The Balaban J connectivity index is 2.57. The summed E-state index contributed by atoms with van der Waals surface area (Å²) in [6.45, 7) is 2.77. The average Bonchev–Trinajstić information content (AvgIpc) is 2.26. The quantitative estimate of drug-likeness (QED) is 0.895. The van der Waals surface area contributed by atoms with Crippen LogP contribution >= 0.6 is 27.5 Å². The van der Waals surface area contributed by atoms with Crippen LogP contribution in [0.25, 0.3) is 0 Å². The molecule has 0 spiro atoms. The molecule has 0 saturated heterocycles. The summed E-state index contributed by atoms with van der Waals surface area (Å²) < 4.78 is 0.977. The van der Waals surface area contributed by atoms with E-state index >= 15 is 0 Å². The van der Waals surface area contributed by atoms with Gasteiger partial charge in [0.15, 0.2) is 0 Å². The Kier molecular flexibility index (Phi) is 5.83. The van der Waals surface area contributed by atoms with Crippen molar-refractivity contribution in [1.82, 2.24) is 5.32 Å². The lowest BCUT2D eigenvalue weighted by Crippen LogP contribution is -2.27. The van der Waals surface area contributed by atoms with E-state index in [4.69, 9.17) is 16.9 Å². The van der Waals surface area contributed by atoms with Crippen LogP contribution in [-0.4, -0.2) is 6.04 Å². The summed E-state index contributed by atoms with van der Waals surface area (Å²) in [6, 6.07) is 8.25. The molecule has 1 atom stereocenters. The molecule has 86 valence electrons. The first-order valence-corrected chi connectivity index (χ1v) is 6.38. The van der Waals surface area contributed by atoms with Crippen LogP contribution in [0.4, 0.5) is 0 Å². The van der Waals surface area contributed by atoms with Gasteiger partial charge >= 0.3 is 0 Å². The predicted molar refractivity (Wildman–Crippen MR) is 70.3 cm³/mol. The summed E-state index contributed by atoms with van der Waals surface area (Å²) in [7, 11) is 0. The third-order valence-electron chi connectivity index (χ3n) is 2.43. The standard InChI is InChI=1S/C12H14BrClN2/c1-2-11(5-6-15)16-8-9-3-4-10(13)7-12(9)14/h3-4,7,11,16H,2,5,8H2,1H3. The number of hydrogen-bond donors (Lipinski definition) is 1. The molecule has 1 N–H and O–H groups in total. The summed E-state index contributed by atoms with van der Waals surface area (Å²) >= 11 is 9.47. The number of hydrogen-bond acceptors (Lipinski definition) is 2. The van der Waals surface area contributed by atoms with Crippen molar-refractivity contribution < 1.29 is 0 Å². The summed E-state index contributed by atoms with van der Waals surface area (Å²) in [6.07, 6.45) is 1.48. The summed E-state index contributed by atoms with van der Waals surface area (Å²) in [5, 5.41) is 12.7. The van der Waals surface area contributed by atoms with Gasteiger partial charge in [0.25, 0.3) is 0 Å². The lowest BCUT2D eigenvalue weighted by atomic mass is 10.1. The summed E-state index contributed by atoms with van der Waals surface area (Å²) in [5.74, 6) is 0. The van der Waals surface area contributed by atoms with E-state index in [0.717, 1.165) is 21.5 Å². The summed E-state index contributed by atoms with van der Waals surface area (Å²) in [5.41, 5.74) is 1.06. The smallest absolute Gasteiger partial charge is 0.0638 e. The van der Waals surface area contributed by atoms with Crippen molar-refractivity contribution in [3.63, 3.8) is 0 Å². The first-order valence-electron chi connectivity index (χ1n) is 5.21. The summed E-state index contributed by atoms with van der Waals surface area (Å²) in [4.78, 5) is 0. The van der Waals surface area contributed by atoms with Crippen LogP contribution in [0.5, 0.6) is 0 Å². The van der Waals surface area contributed by atoms with E-state index in [2.05, 4.69) is 34.2 Å². The number of nitrogens with zero attached hydrogens (tertiary/aromatic N) is 1. The zero-order valence-electron chi connectivity index (χ0n) is 9.13. The molecule has 0 heterocycles. The van der Waals surface area contributed by atoms with E-state index < -0.39 is 0 Å². The van der Waals surface area contributed by atoms with Crippen LogP contribution < -0.4 is 5.32 Å². The molecule has 2 nitrogen and oxygen atoms in total. The maximum Gasteiger partial charge on any atom is 0.0638 e. The third kappa shape index (κ3) is 4.13. The van der Waals surface area contributed by atoms with Crippen molar-refractivity contribution >= 4 is 27.5 Å². The highest BCUT2D eigenvalue weighted by molar-refractivity contribution is 9.10. The maximum atomic E-state index is 8.63. The SMILES string of the molecule is CCC(CC#N)NCc1ccc(Br)cc1Cl. The Morgan fingerprint density at radius 3 is 2.88 bits per heavy atom. The van der Waals surface area contributed by atoms with E-state index in [1.807, 2.05) is 18.2 Å². The highest BCUT2D eigenvalue weighted by atomic mass is 79.9. The number of nitrogens with one attached hydrogen (secondary N) is 1. The fourth-order valence-corrected chi connectivity index (χ4v) is 2.13. The van der Waals surface area contributed by atoms with Crippen molar-refractivity contribution in [2.45, 2.75) is 32.4 Å². The molecule has 1 unspecified atom stereocenters. The van der Waals surface area contributed by atoms with Gasteiger partial charge in [-0.15, -0.1) is 0 Å². The molecule has 0 aromatic heterocycles. The van der Waals surface area contributed by atoms with Crippen molar-refractivity contribution in [3.8, 4) is 6.07 Å². The molecule has 0 saturated carbocycles. The molecule has 0 amide bonds. The molecular formula is C12H14BrClN2. The van der Waals surface area contributed by atoms with Gasteiger partial charge in [-0.25, -0.2) is 0 Å². The predicted octanol–water partition coefficient (Wildman–Crippen LogP) is 3.88. The van der Waals surface area contributed by atoms with Crippen molar-refractivity contribution in [2.24, 2.45) is 0 Å². The normalized spacial score (nSPS) is 12.1. The Morgan fingerprint density at radius 1 is 1.56 bits per heavy atom. The van der Waals surface area contributed by atoms with Gasteiger partial charge in [0.1, 0.15) is 0 Å². The molecule has 0 aliphatic carbocycles. The van der Waals surface area contributed by atoms with Gasteiger partial charge in [0.2, 0.25) is 0 Å². The number of nitriles is 1. The Labute approximate surface area is 110 Å². The van der Waals surface area contributed by atoms with Crippen LogP contribution in [-0.2, 0) is 6.54 Å². The molecule has 1 rings (SSSR count). The molecule has 0 fully saturated rings. The lowest BCUT2D eigenvalue weighted by molar-refractivity contribution is 0.505. The molecule has 4 heteroatoms. The molecule has 0 radical (unpaired) electrons.